The van der Waals surface area contributed by atoms with Gasteiger partial charge in [-0.05, 0) is 43.7 Å². The smallest absolute Gasteiger partial charge is 0.319 e. The lowest BCUT2D eigenvalue weighted by Gasteiger charge is -2.12. The third-order valence-corrected chi connectivity index (χ3v) is 4.10. The lowest BCUT2D eigenvalue weighted by molar-refractivity contribution is 0.251. The van der Waals surface area contributed by atoms with E-state index in [4.69, 9.17) is 0 Å². The molecule has 2 aromatic carbocycles. The highest BCUT2D eigenvalue weighted by Crippen LogP contribution is 2.11. The van der Waals surface area contributed by atoms with Crippen molar-refractivity contribution in [1.29, 1.82) is 0 Å². The summed E-state index contributed by atoms with van der Waals surface area (Å²) >= 11 is 0. The summed E-state index contributed by atoms with van der Waals surface area (Å²) in [5.74, 6) is 0. The van der Waals surface area contributed by atoms with E-state index < -0.39 is 0 Å². The van der Waals surface area contributed by atoms with Gasteiger partial charge in [0.2, 0.25) is 0 Å². The molecule has 2 N–H and O–H groups in total. The normalized spacial score (nSPS) is 10.5. The maximum absolute atomic E-state index is 12.1. The number of carbonyl (C=O) groups is 1. The molecule has 0 radical (unpaired) electrons. The molecule has 0 fully saturated rings. The minimum atomic E-state index is -0.202. The Labute approximate surface area is 148 Å². The number of amides is 2. The highest BCUT2D eigenvalue weighted by molar-refractivity contribution is 5.89. The van der Waals surface area contributed by atoms with Crippen LogP contribution in [-0.4, -0.2) is 10.6 Å². The third-order valence-electron chi connectivity index (χ3n) is 4.10. The molecule has 3 aromatic rings. The molecule has 128 valence electrons. The van der Waals surface area contributed by atoms with Crippen LogP contribution in [0, 0.1) is 13.8 Å². The van der Waals surface area contributed by atoms with Crippen LogP contribution >= 0.6 is 0 Å². The van der Waals surface area contributed by atoms with Crippen LogP contribution in [0.25, 0.3) is 0 Å². The van der Waals surface area contributed by atoms with Crippen LogP contribution in [0.5, 0.6) is 0 Å². The molecule has 0 saturated heterocycles. The molecule has 0 unspecified atom stereocenters. The maximum Gasteiger partial charge on any atom is 0.319 e. The Morgan fingerprint density at radius 1 is 0.960 bits per heavy atom. The number of benzene rings is 2. The predicted molar refractivity (Wildman–Crippen MR) is 102 cm³/mol. The predicted octanol–water partition coefficient (Wildman–Crippen LogP) is 4.47. The van der Waals surface area contributed by atoms with Gasteiger partial charge in [-0.25, -0.2) is 4.79 Å². The van der Waals surface area contributed by atoms with Crippen molar-refractivity contribution in [3.8, 4) is 0 Å². The van der Waals surface area contributed by atoms with Gasteiger partial charge in [0.05, 0.1) is 6.54 Å². The molecule has 4 heteroatoms. The Hall–Kier alpha value is -3.01. The van der Waals surface area contributed by atoms with Gasteiger partial charge in [-0.2, -0.15) is 0 Å². The summed E-state index contributed by atoms with van der Waals surface area (Å²) in [5.41, 5.74) is 5.53. The number of urea groups is 1. The van der Waals surface area contributed by atoms with Crippen LogP contribution < -0.4 is 10.6 Å². The molecule has 1 aromatic heterocycles. The molecular formula is C21H23N3O. The second kappa shape index (κ2) is 7.71. The Morgan fingerprint density at radius 3 is 2.52 bits per heavy atom. The largest absolute Gasteiger partial charge is 0.345 e. The summed E-state index contributed by atoms with van der Waals surface area (Å²) in [5, 5.41) is 5.76. The van der Waals surface area contributed by atoms with Crippen molar-refractivity contribution in [3.63, 3.8) is 0 Å². The monoisotopic (exact) mass is 333 g/mol. The van der Waals surface area contributed by atoms with Crippen molar-refractivity contribution >= 4 is 11.7 Å². The Kier molecular flexibility index (Phi) is 5.19. The number of anilines is 1. The topological polar surface area (TPSA) is 46.1 Å². The first-order chi connectivity index (χ1) is 12.1. The van der Waals surface area contributed by atoms with Crippen LogP contribution in [0.4, 0.5) is 10.5 Å². The van der Waals surface area contributed by atoms with Crippen LogP contribution in [0.3, 0.4) is 0 Å². The number of rotatable bonds is 5. The first-order valence-electron chi connectivity index (χ1n) is 8.41. The fourth-order valence-electron chi connectivity index (χ4n) is 2.75. The van der Waals surface area contributed by atoms with Crippen molar-refractivity contribution in [2.24, 2.45) is 0 Å². The number of hydrogen-bond donors (Lipinski definition) is 2. The molecule has 25 heavy (non-hydrogen) atoms. The number of aryl methyl sites for hydroxylation is 2. The molecule has 0 saturated carbocycles. The minimum Gasteiger partial charge on any atom is -0.345 e. The third kappa shape index (κ3) is 4.73. The Balaban J connectivity index is 1.57. The number of nitrogens with zero attached hydrogens (tertiary/aromatic N) is 1. The first kappa shape index (κ1) is 16.8. The standard InChI is InChI=1S/C21H23N3O/c1-16-8-10-19(11-9-16)23-21(25)22-14-20-7-4-12-24(20)15-18-6-3-5-17(2)13-18/h3-13H,14-15H2,1-2H3,(H2,22,23,25). The van der Waals surface area contributed by atoms with E-state index in [1.807, 2.05) is 49.5 Å². The number of nitrogens with one attached hydrogen (secondary N) is 2. The molecule has 4 nitrogen and oxygen atoms in total. The molecule has 0 aliphatic carbocycles. The van der Waals surface area contributed by atoms with Crippen LogP contribution in [0.1, 0.15) is 22.4 Å². The zero-order chi connectivity index (χ0) is 17.6. The molecule has 3 rings (SSSR count). The average molecular weight is 333 g/mol. The molecular weight excluding hydrogens is 310 g/mol. The van der Waals surface area contributed by atoms with Crippen molar-refractivity contribution in [2.45, 2.75) is 26.9 Å². The van der Waals surface area contributed by atoms with Crippen molar-refractivity contribution in [1.82, 2.24) is 9.88 Å². The van der Waals surface area contributed by atoms with Crippen molar-refractivity contribution in [3.05, 3.63) is 89.2 Å². The van der Waals surface area contributed by atoms with Crippen LogP contribution in [0.2, 0.25) is 0 Å². The van der Waals surface area contributed by atoms with Gasteiger partial charge in [0, 0.05) is 24.1 Å². The highest BCUT2D eigenvalue weighted by atomic mass is 16.2. The van der Waals surface area contributed by atoms with E-state index in [1.165, 1.54) is 16.7 Å². The first-order valence-corrected chi connectivity index (χ1v) is 8.41. The summed E-state index contributed by atoms with van der Waals surface area (Å²) in [6, 6.07) is 20.0. The SMILES string of the molecule is Cc1ccc(NC(=O)NCc2cccn2Cc2cccc(C)c2)cc1. The zero-order valence-corrected chi connectivity index (χ0v) is 14.6. The van der Waals surface area contributed by atoms with Gasteiger partial charge in [0.15, 0.2) is 0 Å². The number of carbonyl (C=O) groups excluding carboxylic acids is 1. The minimum absolute atomic E-state index is 0.202. The Morgan fingerprint density at radius 2 is 1.76 bits per heavy atom. The van der Waals surface area contributed by atoms with Crippen LogP contribution in [-0.2, 0) is 13.1 Å². The number of aromatic nitrogens is 1. The van der Waals surface area contributed by atoms with Gasteiger partial charge in [0.25, 0.3) is 0 Å². The highest BCUT2D eigenvalue weighted by Gasteiger charge is 2.05. The van der Waals surface area contributed by atoms with E-state index in [0.717, 1.165) is 17.9 Å². The van der Waals surface area contributed by atoms with Gasteiger partial charge in [-0.1, -0.05) is 47.5 Å². The Bertz CT molecular complexity index is 850. The van der Waals surface area contributed by atoms with Gasteiger partial charge >= 0.3 is 6.03 Å². The van der Waals surface area contributed by atoms with Crippen LogP contribution in [0.15, 0.2) is 66.9 Å². The fourth-order valence-corrected chi connectivity index (χ4v) is 2.75. The van der Waals surface area contributed by atoms with E-state index in [1.54, 1.807) is 0 Å². The van der Waals surface area contributed by atoms with E-state index in [0.29, 0.717) is 6.54 Å². The molecule has 0 bridgehead atoms. The van der Waals surface area contributed by atoms with Crippen molar-refractivity contribution < 1.29 is 4.79 Å². The van der Waals surface area contributed by atoms with Gasteiger partial charge < -0.3 is 15.2 Å². The molecule has 0 atom stereocenters. The second-order valence-electron chi connectivity index (χ2n) is 6.29. The average Bonchev–Trinajstić information content (AvgIpc) is 3.02. The summed E-state index contributed by atoms with van der Waals surface area (Å²) in [6.07, 6.45) is 2.04. The maximum atomic E-state index is 12.1. The van der Waals surface area contributed by atoms with E-state index in [-0.39, 0.29) is 6.03 Å². The quantitative estimate of drug-likeness (QED) is 0.711. The summed E-state index contributed by atoms with van der Waals surface area (Å²) in [4.78, 5) is 12.1. The van der Waals surface area contributed by atoms with E-state index in [9.17, 15) is 4.79 Å². The summed E-state index contributed by atoms with van der Waals surface area (Å²) in [7, 11) is 0. The van der Waals surface area contributed by atoms with Gasteiger partial charge in [0.1, 0.15) is 0 Å². The molecule has 1 heterocycles. The second-order valence-corrected chi connectivity index (χ2v) is 6.29. The number of hydrogen-bond acceptors (Lipinski definition) is 1. The fraction of sp³-hybridized carbons (Fsp3) is 0.190. The summed E-state index contributed by atoms with van der Waals surface area (Å²) < 4.78 is 2.15. The van der Waals surface area contributed by atoms with Gasteiger partial charge in [-0.3, -0.25) is 0 Å². The summed E-state index contributed by atoms with van der Waals surface area (Å²) in [6.45, 7) is 5.39. The molecule has 2 amide bonds. The zero-order valence-electron chi connectivity index (χ0n) is 14.6. The van der Waals surface area contributed by atoms with Crippen molar-refractivity contribution in [2.75, 3.05) is 5.32 Å². The van der Waals surface area contributed by atoms with E-state index in [2.05, 4.69) is 46.4 Å². The molecule has 0 aliphatic rings. The molecule has 0 aliphatic heterocycles. The lowest BCUT2D eigenvalue weighted by atomic mass is 10.1. The molecule has 0 spiro atoms. The lowest BCUT2D eigenvalue weighted by Crippen LogP contribution is -2.29. The van der Waals surface area contributed by atoms with Gasteiger partial charge in [-0.15, -0.1) is 0 Å². The van der Waals surface area contributed by atoms with E-state index >= 15 is 0 Å².